The van der Waals surface area contributed by atoms with Crippen LogP contribution >= 0.6 is 23.1 Å². The molecule has 2 saturated carbocycles. The second-order valence-corrected chi connectivity index (χ2v) is 13.0. The van der Waals surface area contributed by atoms with Crippen LogP contribution in [0.1, 0.15) is 22.8 Å². The molecule has 7 atom stereocenters. The van der Waals surface area contributed by atoms with Crippen LogP contribution in [0.3, 0.4) is 0 Å². The van der Waals surface area contributed by atoms with E-state index in [1.165, 1.54) is 11.3 Å². The minimum Gasteiger partial charge on any atom is -0.493 e. The number of anilines is 1. The third kappa shape index (κ3) is 3.74. The lowest BCUT2D eigenvalue weighted by Gasteiger charge is -2.43. The van der Waals surface area contributed by atoms with Crippen LogP contribution in [0.2, 0.25) is 0 Å². The first-order valence-electron chi connectivity index (χ1n) is 13.2. The molecule has 2 aromatic carbocycles. The van der Waals surface area contributed by atoms with Crippen LogP contribution in [0.5, 0.6) is 11.5 Å². The Balaban J connectivity index is 1.22. The van der Waals surface area contributed by atoms with E-state index >= 15 is 0 Å². The number of para-hydroxylation sites is 1. The molecule has 40 heavy (non-hydrogen) atoms. The van der Waals surface area contributed by atoms with Gasteiger partial charge in [0.05, 0.1) is 31.1 Å². The summed E-state index contributed by atoms with van der Waals surface area (Å²) in [5.41, 5.74) is 1.61. The molecule has 3 fully saturated rings. The number of thiazole rings is 1. The number of hydrogen-bond donors (Lipinski definition) is 2. The SMILES string of the molecule is COc1ccc([C@H]2c3sc(=O)[nH]c3S[C@H]3[C@@H]4C[C@H]([C@H]5C(=O)N(CC(=O)Nc6ccccc6)C(=O)[C@H]45)[C@H]23)cc1OC. The van der Waals surface area contributed by atoms with Crippen molar-refractivity contribution >= 4 is 46.5 Å². The summed E-state index contributed by atoms with van der Waals surface area (Å²) < 4.78 is 11.0. The van der Waals surface area contributed by atoms with Crippen molar-refractivity contribution in [3.8, 4) is 11.5 Å². The zero-order valence-corrected chi connectivity index (χ0v) is 23.4. The minimum absolute atomic E-state index is 0.0113. The number of amides is 3. The highest BCUT2D eigenvalue weighted by Crippen LogP contribution is 2.68. The summed E-state index contributed by atoms with van der Waals surface area (Å²) in [6.07, 6.45) is 0.780. The molecule has 2 aliphatic carbocycles. The van der Waals surface area contributed by atoms with E-state index in [4.69, 9.17) is 9.47 Å². The van der Waals surface area contributed by atoms with Gasteiger partial charge in [0.25, 0.3) is 0 Å². The first-order valence-corrected chi connectivity index (χ1v) is 14.9. The Hall–Kier alpha value is -3.57. The fourth-order valence-corrected chi connectivity index (χ4v) is 10.4. The van der Waals surface area contributed by atoms with Gasteiger partial charge in [-0.2, -0.15) is 0 Å². The number of nitrogens with zero attached hydrogens (tertiary/aromatic N) is 1. The van der Waals surface area contributed by atoms with E-state index in [1.807, 2.05) is 36.4 Å². The maximum Gasteiger partial charge on any atom is 0.305 e. The highest BCUT2D eigenvalue weighted by atomic mass is 32.2. The molecule has 0 radical (unpaired) electrons. The van der Waals surface area contributed by atoms with E-state index in [-0.39, 0.29) is 52.2 Å². The Bertz CT molecular complexity index is 1590. The standard InChI is InChI=1S/C29H27N3O6S2/c1-37-17-9-8-13(10-18(17)38-2)20-21-15-11-16(24(21)39-26-25(20)40-29(36)31-26)23-22(15)27(34)32(28(23)35)12-19(33)30-14-6-4-3-5-7-14/h3-10,15-16,20-24H,11-12H2,1-2H3,(H,30,33)(H,31,36)/t15-,16+,20+,21+,22+,23+,24-/m0/s1. The molecule has 0 spiro atoms. The second kappa shape index (κ2) is 9.52. The number of thioether (sulfide) groups is 1. The molecule has 206 valence electrons. The molecule has 9 nitrogen and oxygen atoms in total. The zero-order chi connectivity index (χ0) is 27.7. The summed E-state index contributed by atoms with van der Waals surface area (Å²) in [5, 5.41) is 3.69. The fraction of sp³-hybridized carbons (Fsp3) is 0.379. The molecular formula is C29H27N3O6S2. The molecule has 2 bridgehead atoms. The first-order chi connectivity index (χ1) is 19.4. The van der Waals surface area contributed by atoms with Crippen LogP contribution in [0.25, 0.3) is 0 Å². The van der Waals surface area contributed by atoms with Gasteiger partial charge in [-0.1, -0.05) is 35.6 Å². The molecule has 3 heterocycles. The lowest BCUT2D eigenvalue weighted by atomic mass is 9.68. The molecule has 2 N–H and O–H groups in total. The first kappa shape index (κ1) is 25.4. The van der Waals surface area contributed by atoms with E-state index in [2.05, 4.69) is 10.3 Å². The van der Waals surface area contributed by atoms with Crippen LogP contribution < -0.4 is 19.7 Å². The molecule has 7 rings (SSSR count). The Morgan fingerprint density at radius 3 is 2.45 bits per heavy atom. The van der Waals surface area contributed by atoms with E-state index in [1.54, 1.807) is 38.1 Å². The van der Waals surface area contributed by atoms with Crippen molar-refractivity contribution in [3.05, 3.63) is 68.6 Å². The lowest BCUT2D eigenvalue weighted by molar-refractivity contribution is -0.143. The van der Waals surface area contributed by atoms with Gasteiger partial charge < -0.3 is 19.8 Å². The van der Waals surface area contributed by atoms with Crippen molar-refractivity contribution in [3.63, 3.8) is 0 Å². The van der Waals surface area contributed by atoms with Crippen LogP contribution in [0, 0.1) is 29.6 Å². The summed E-state index contributed by atoms with van der Waals surface area (Å²) in [6, 6.07) is 14.8. The number of nitrogens with one attached hydrogen (secondary N) is 2. The summed E-state index contributed by atoms with van der Waals surface area (Å²) >= 11 is 2.84. The average Bonchev–Trinajstić information content (AvgIpc) is 3.69. The summed E-state index contributed by atoms with van der Waals surface area (Å²) in [5.74, 6) is -0.690. The van der Waals surface area contributed by atoms with Gasteiger partial charge in [0.1, 0.15) is 6.54 Å². The van der Waals surface area contributed by atoms with Crippen LogP contribution in [0.15, 0.2) is 58.4 Å². The Morgan fingerprint density at radius 2 is 1.73 bits per heavy atom. The van der Waals surface area contributed by atoms with Gasteiger partial charge in [0.15, 0.2) is 11.5 Å². The molecule has 1 aromatic heterocycles. The second-order valence-electron chi connectivity index (χ2n) is 10.8. The lowest BCUT2D eigenvalue weighted by Crippen LogP contribution is -2.42. The number of carbonyl (C=O) groups is 3. The third-order valence-corrected chi connectivity index (χ3v) is 11.5. The van der Waals surface area contributed by atoms with E-state index in [9.17, 15) is 19.2 Å². The highest BCUT2D eigenvalue weighted by molar-refractivity contribution is 8.00. The zero-order valence-electron chi connectivity index (χ0n) is 21.8. The third-order valence-electron chi connectivity index (χ3n) is 8.94. The Labute approximate surface area is 238 Å². The molecule has 3 aromatic rings. The maximum atomic E-state index is 13.8. The maximum absolute atomic E-state index is 13.8. The molecule has 1 saturated heterocycles. The Kier molecular flexibility index (Phi) is 6.04. The van der Waals surface area contributed by atoms with Gasteiger partial charge in [-0.25, -0.2) is 0 Å². The monoisotopic (exact) mass is 577 g/mol. The quantitative estimate of drug-likeness (QED) is 0.430. The molecule has 2 aliphatic heterocycles. The van der Waals surface area contributed by atoms with Crippen molar-refractivity contribution in [1.29, 1.82) is 0 Å². The molecule has 11 heteroatoms. The number of aromatic amines is 1. The van der Waals surface area contributed by atoms with E-state index in [0.29, 0.717) is 17.2 Å². The number of methoxy groups -OCH3 is 2. The molecule has 3 amide bonds. The van der Waals surface area contributed by atoms with E-state index < -0.39 is 17.7 Å². The smallest absolute Gasteiger partial charge is 0.305 e. The van der Waals surface area contributed by atoms with Crippen molar-refractivity contribution < 1.29 is 23.9 Å². The molecular weight excluding hydrogens is 550 g/mol. The van der Waals surface area contributed by atoms with Gasteiger partial charge in [0.2, 0.25) is 17.7 Å². The van der Waals surface area contributed by atoms with Crippen LogP contribution in [-0.2, 0) is 14.4 Å². The number of hydrogen-bond acceptors (Lipinski definition) is 8. The topological polar surface area (TPSA) is 118 Å². The van der Waals surface area contributed by atoms with Gasteiger partial charge in [-0.15, -0.1) is 11.8 Å². The number of fused-ring (bicyclic) bond motifs is 9. The van der Waals surface area contributed by atoms with Crippen molar-refractivity contribution in [1.82, 2.24) is 9.88 Å². The fourth-order valence-electron chi connectivity index (χ4n) is 7.52. The number of H-pyrrole nitrogens is 1. The van der Waals surface area contributed by atoms with E-state index in [0.717, 1.165) is 26.8 Å². The summed E-state index contributed by atoms with van der Waals surface area (Å²) in [4.78, 5) is 57.7. The van der Waals surface area contributed by atoms with Gasteiger partial charge in [-0.05, 0) is 54.0 Å². The minimum atomic E-state index is -0.455. The number of rotatable bonds is 6. The van der Waals surface area contributed by atoms with Crippen molar-refractivity contribution in [2.45, 2.75) is 22.6 Å². The largest absolute Gasteiger partial charge is 0.493 e. The van der Waals surface area contributed by atoms with Gasteiger partial charge >= 0.3 is 4.87 Å². The summed E-state index contributed by atoms with van der Waals surface area (Å²) in [6.45, 7) is -0.290. The number of benzene rings is 2. The van der Waals surface area contributed by atoms with Gasteiger partial charge in [-0.3, -0.25) is 24.1 Å². The Morgan fingerprint density at radius 1 is 1.00 bits per heavy atom. The highest BCUT2D eigenvalue weighted by Gasteiger charge is 2.69. The van der Waals surface area contributed by atoms with Gasteiger partial charge in [0, 0.05) is 21.7 Å². The molecule has 4 aliphatic rings. The van der Waals surface area contributed by atoms with Crippen LogP contribution in [0.4, 0.5) is 5.69 Å². The number of carbonyl (C=O) groups excluding carboxylic acids is 3. The van der Waals surface area contributed by atoms with Crippen molar-refractivity contribution in [2.75, 3.05) is 26.1 Å². The van der Waals surface area contributed by atoms with Crippen LogP contribution in [-0.4, -0.2) is 53.6 Å². The number of likely N-dealkylation sites (tertiary alicyclic amines) is 1. The number of ether oxygens (including phenoxy) is 2. The summed E-state index contributed by atoms with van der Waals surface area (Å²) in [7, 11) is 3.18. The number of imide groups is 1. The van der Waals surface area contributed by atoms with Crippen molar-refractivity contribution in [2.24, 2.45) is 29.6 Å². The predicted octanol–water partition coefficient (Wildman–Crippen LogP) is 3.57. The number of aromatic nitrogens is 1. The average molecular weight is 578 g/mol. The predicted molar refractivity (Wildman–Crippen MR) is 150 cm³/mol. The normalized spacial score (nSPS) is 29.6. The molecule has 0 unspecified atom stereocenters.